The monoisotopic (exact) mass is 237 g/mol. The fourth-order valence-corrected chi connectivity index (χ4v) is 1.62. The van der Waals surface area contributed by atoms with Crippen molar-refractivity contribution in [2.45, 2.75) is 26.7 Å². The molecule has 0 amide bonds. The van der Waals surface area contributed by atoms with Gasteiger partial charge in [0, 0.05) is 18.8 Å². The summed E-state index contributed by atoms with van der Waals surface area (Å²) < 4.78 is 11.0. The summed E-state index contributed by atoms with van der Waals surface area (Å²) in [5.74, 6) is 2.32. The Hall–Kier alpha value is -1.38. The molecular formula is C14H23NO2. The molecule has 0 heterocycles. The Morgan fingerprint density at radius 2 is 2.00 bits per heavy atom. The lowest BCUT2D eigenvalue weighted by Gasteiger charge is -2.12. The minimum atomic E-state index is 0.726. The summed E-state index contributed by atoms with van der Waals surface area (Å²) in [7, 11) is 3.56. The highest BCUT2D eigenvalue weighted by Crippen LogP contribution is 2.30. The molecular weight excluding hydrogens is 214 g/mol. The van der Waals surface area contributed by atoms with Gasteiger partial charge in [-0.3, -0.25) is 0 Å². The Kier molecular flexibility index (Phi) is 5.67. The predicted octanol–water partition coefficient (Wildman–Crippen LogP) is 3.55. The first kappa shape index (κ1) is 13.7. The number of hydrogen-bond donors (Lipinski definition) is 1. The van der Waals surface area contributed by atoms with Crippen LogP contribution in [0.3, 0.4) is 0 Å². The lowest BCUT2D eigenvalue weighted by Crippen LogP contribution is -2.01. The molecule has 96 valence electrons. The lowest BCUT2D eigenvalue weighted by atomic mass is 10.1. The van der Waals surface area contributed by atoms with Crippen LogP contribution in [-0.2, 0) is 0 Å². The van der Waals surface area contributed by atoms with Gasteiger partial charge in [-0.05, 0) is 30.9 Å². The minimum Gasteiger partial charge on any atom is -0.493 e. The molecule has 3 nitrogen and oxygen atoms in total. The molecule has 0 saturated heterocycles. The van der Waals surface area contributed by atoms with Crippen molar-refractivity contribution in [2.24, 2.45) is 5.92 Å². The summed E-state index contributed by atoms with van der Waals surface area (Å²) in [5.41, 5.74) is 1.03. The third-order valence-corrected chi connectivity index (χ3v) is 2.64. The van der Waals surface area contributed by atoms with Gasteiger partial charge >= 0.3 is 0 Å². The highest BCUT2D eigenvalue weighted by Gasteiger charge is 2.05. The molecule has 1 aromatic rings. The molecule has 0 aromatic heterocycles. The van der Waals surface area contributed by atoms with Crippen LogP contribution in [0.1, 0.15) is 26.7 Å². The van der Waals surface area contributed by atoms with E-state index in [1.54, 1.807) is 7.11 Å². The highest BCUT2D eigenvalue weighted by molar-refractivity contribution is 5.54. The van der Waals surface area contributed by atoms with Crippen molar-refractivity contribution >= 4 is 5.69 Å². The molecule has 0 saturated carbocycles. The van der Waals surface area contributed by atoms with Crippen molar-refractivity contribution in [1.29, 1.82) is 0 Å². The maximum Gasteiger partial charge on any atom is 0.163 e. The average Bonchev–Trinajstić information content (AvgIpc) is 2.34. The van der Waals surface area contributed by atoms with Crippen LogP contribution in [0.25, 0.3) is 0 Å². The van der Waals surface area contributed by atoms with E-state index in [2.05, 4.69) is 19.2 Å². The zero-order valence-corrected chi connectivity index (χ0v) is 11.2. The van der Waals surface area contributed by atoms with Gasteiger partial charge in [-0.1, -0.05) is 13.8 Å². The van der Waals surface area contributed by atoms with Crippen LogP contribution in [0.5, 0.6) is 11.5 Å². The number of methoxy groups -OCH3 is 1. The summed E-state index contributed by atoms with van der Waals surface area (Å²) in [5, 5.41) is 3.09. The van der Waals surface area contributed by atoms with E-state index in [0.717, 1.165) is 36.1 Å². The van der Waals surface area contributed by atoms with Crippen molar-refractivity contribution in [1.82, 2.24) is 0 Å². The molecule has 0 aliphatic carbocycles. The second kappa shape index (κ2) is 7.05. The van der Waals surface area contributed by atoms with E-state index in [0.29, 0.717) is 0 Å². The van der Waals surface area contributed by atoms with Gasteiger partial charge in [-0.2, -0.15) is 0 Å². The number of ether oxygens (including phenoxy) is 2. The number of rotatable bonds is 7. The Morgan fingerprint density at radius 1 is 1.24 bits per heavy atom. The van der Waals surface area contributed by atoms with E-state index in [-0.39, 0.29) is 0 Å². The van der Waals surface area contributed by atoms with E-state index >= 15 is 0 Å². The SMILES string of the molecule is CNc1ccc(OC)c(OCCCC(C)C)c1. The summed E-state index contributed by atoms with van der Waals surface area (Å²) in [4.78, 5) is 0. The Bertz CT molecular complexity index is 337. The average molecular weight is 237 g/mol. The van der Waals surface area contributed by atoms with Gasteiger partial charge in [-0.25, -0.2) is 0 Å². The van der Waals surface area contributed by atoms with E-state index in [1.807, 2.05) is 25.2 Å². The van der Waals surface area contributed by atoms with Gasteiger partial charge < -0.3 is 14.8 Å². The van der Waals surface area contributed by atoms with Crippen LogP contribution >= 0.6 is 0 Å². The van der Waals surface area contributed by atoms with Crippen LogP contribution < -0.4 is 14.8 Å². The maximum atomic E-state index is 5.76. The van der Waals surface area contributed by atoms with Crippen molar-refractivity contribution < 1.29 is 9.47 Å². The van der Waals surface area contributed by atoms with Gasteiger partial charge in [-0.15, -0.1) is 0 Å². The third kappa shape index (κ3) is 4.55. The van der Waals surface area contributed by atoms with Crippen LogP contribution in [0.15, 0.2) is 18.2 Å². The molecule has 0 bridgehead atoms. The van der Waals surface area contributed by atoms with Crippen molar-refractivity contribution in [3.8, 4) is 11.5 Å². The van der Waals surface area contributed by atoms with E-state index in [9.17, 15) is 0 Å². The largest absolute Gasteiger partial charge is 0.493 e. The van der Waals surface area contributed by atoms with Gasteiger partial charge in [0.05, 0.1) is 13.7 Å². The Morgan fingerprint density at radius 3 is 2.59 bits per heavy atom. The number of hydrogen-bond acceptors (Lipinski definition) is 3. The molecule has 17 heavy (non-hydrogen) atoms. The first-order valence-electron chi connectivity index (χ1n) is 6.16. The zero-order chi connectivity index (χ0) is 12.7. The molecule has 0 fully saturated rings. The summed E-state index contributed by atoms with van der Waals surface area (Å²) in [6, 6.07) is 5.86. The van der Waals surface area contributed by atoms with Crippen LogP contribution in [0, 0.1) is 5.92 Å². The molecule has 0 radical (unpaired) electrons. The van der Waals surface area contributed by atoms with Crippen molar-refractivity contribution in [3.05, 3.63) is 18.2 Å². The molecule has 0 atom stereocenters. The molecule has 0 spiro atoms. The fraction of sp³-hybridized carbons (Fsp3) is 0.571. The summed E-state index contributed by atoms with van der Waals surface area (Å²) >= 11 is 0. The predicted molar refractivity (Wildman–Crippen MR) is 72.1 cm³/mol. The second-order valence-electron chi connectivity index (χ2n) is 4.50. The van der Waals surface area contributed by atoms with Gasteiger partial charge in [0.2, 0.25) is 0 Å². The van der Waals surface area contributed by atoms with E-state index < -0.39 is 0 Å². The maximum absolute atomic E-state index is 5.76. The van der Waals surface area contributed by atoms with Gasteiger partial charge in [0.25, 0.3) is 0 Å². The van der Waals surface area contributed by atoms with Gasteiger partial charge in [0.1, 0.15) is 0 Å². The summed E-state index contributed by atoms with van der Waals surface area (Å²) in [6.45, 7) is 5.19. The lowest BCUT2D eigenvalue weighted by molar-refractivity contribution is 0.280. The summed E-state index contributed by atoms with van der Waals surface area (Å²) in [6.07, 6.45) is 2.26. The quantitative estimate of drug-likeness (QED) is 0.736. The molecule has 1 rings (SSSR count). The molecule has 1 N–H and O–H groups in total. The zero-order valence-electron chi connectivity index (χ0n) is 11.2. The van der Waals surface area contributed by atoms with Crippen molar-refractivity contribution in [2.75, 3.05) is 26.1 Å². The topological polar surface area (TPSA) is 30.5 Å². The standard InChI is InChI=1S/C14H23NO2/c1-11(2)6-5-9-17-14-10-12(15-3)7-8-13(14)16-4/h7-8,10-11,15H,5-6,9H2,1-4H3. The fourth-order valence-electron chi connectivity index (χ4n) is 1.62. The number of anilines is 1. The number of nitrogens with one attached hydrogen (secondary N) is 1. The first-order chi connectivity index (χ1) is 8.17. The van der Waals surface area contributed by atoms with Crippen molar-refractivity contribution in [3.63, 3.8) is 0 Å². The Labute approximate surface area is 104 Å². The molecule has 0 aliphatic heterocycles. The smallest absolute Gasteiger partial charge is 0.163 e. The van der Waals surface area contributed by atoms with Crippen LogP contribution in [0.2, 0.25) is 0 Å². The molecule has 0 unspecified atom stereocenters. The highest BCUT2D eigenvalue weighted by atomic mass is 16.5. The minimum absolute atomic E-state index is 0.726. The molecule has 1 aromatic carbocycles. The normalized spacial score (nSPS) is 10.4. The third-order valence-electron chi connectivity index (χ3n) is 2.64. The second-order valence-corrected chi connectivity index (χ2v) is 4.50. The first-order valence-corrected chi connectivity index (χ1v) is 6.16. The van der Waals surface area contributed by atoms with Crippen LogP contribution in [-0.4, -0.2) is 20.8 Å². The van der Waals surface area contributed by atoms with E-state index in [4.69, 9.17) is 9.47 Å². The Balaban J connectivity index is 2.55. The van der Waals surface area contributed by atoms with Gasteiger partial charge in [0.15, 0.2) is 11.5 Å². The van der Waals surface area contributed by atoms with Crippen LogP contribution in [0.4, 0.5) is 5.69 Å². The number of benzene rings is 1. The molecule has 0 aliphatic rings. The van der Waals surface area contributed by atoms with E-state index in [1.165, 1.54) is 6.42 Å². The molecule has 3 heteroatoms.